The highest BCUT2D eigenvalue weighted by atomic mass is 31.2. The van der Waals surface area contributed by atoms with Crippen molar-refractivity contribution >= 4 is 21.7 Å². The van der Waals surface area contributed by atoms with Crippen LogP contribution in [0.2, 0.25) is 18.1 Å². The fourth-order valence-electron chi connectivity index (χ4n) is 2.85. The molecule has 172 valence electrons. The van der Waals surface area contributed by atoms with Crippen LogP contribution in [0.5, 0.6) is 0 Å². The molecule has 0 saturated carbocycles. The number of Topliss-reactive ketones (excluding diaryl/α,β-unsaturated/α-hetero) is 1. The molecule has 1 heterocycles. The van der Waals surface area contributed by atoms with Crippen molar-refractivity contribution < 1.29 is 36.4 Å². The van der Waals surface area contributed by atoms with Crippen molar-refractivity contribution in [3.63, 3.8) is 0 Å². The summed E-state index contributed by atoms with van der Waals surface area (Å²) in [6.45, 7) is 12.6. The van der Waals surface area contributed by atoms with Crippen molar-refractivity contribution in [2.24, 2.45) is 5.92 Å². The van der Waals surface area contributed by atoms with Crippen molar-refractivity contribution in [1.29, 1.82) is 0 Å². The van der Waals surface area contributed by atoms with E-state index in [-0.39, 0.29) is 24.9 Å². The number of hydrogen-bond donors (Lipinski definition) is 0. The summed E-state index contributed by atoms with van der Waals surface area (Å²) in [5, 5.41) is -0.150. The zero-order valence-corrected chi connectivity index (χ0v) is 20.7. The van der Waals surface area contributed by atoms with E-state index in [1.54, 1.807) is 0 Å². The molecule has 6 nitrogen and oxygen atoms in total. The summed E-state index contributed by atoms with van der Waals surface area (Å²) in [4.78, 5) is 13.0. The summed E-state index contributed by atoms with van der Waals surface area (Å²) in [6.07, 6.45) is 1.35. The largest absolute Gasteiger partial charge is 0.416 e. The van der Waals surface area contributed by atoms with Gasteiger partial charge in [-0.25, -0.2) is 0 Å². The minimum Gasteiger partial charge on any atom is -0.416 e. The van der Waals surface area contributed by atoms with E-state index in [4.69, 9.17) is 18.2 Å². The highest BCUT2D eigenvalue weighted by Gasteiger charge is 2.62. The molecule has 0 amide bonds. The molecule has 1 fully saturated rings. The molecule has 0 aliphatic carbocycles. The fraction of sp³-hybridized carbons (Fsp3) is 0.947. The Bertz CT molecular complexity index is 578. The number of rotatable bonds is 11. The zero-order chi connectivity index (χ0) is 22.5. The van der Waals surface area contributed by atoms with Crippen molar-refractivity contribution in [2.45, 2.75) is 83.8 Å². The van der Waals surface area contributed by atoms with Gasteiger partial charge in [0.15, 0.2) is 8.32 Å². The Hall–Kier alpha value is -0.183. The van der Waals surface area contributed by atoms with E-state index in [9.17, 15) is 9.36 Å². The van der Waals surface area contributed by atoms with Gasteiger partial charge in [0, 0.05) is 13.2 Å². The molecule has 1 unspecified atom stereocenters. The Morgan fingerprint density at radius 2 is 1.72 bits per heavy atom. The van der Waals surface area contributed by atoms with Crippen molar-refractivity contribution in [2.75, 3.05) is 26.4 Å². The zero-order valence-electron chi connectivity index (χ0n) is 18.8. The van der Waals surface area contributed by atoms with Crippen molar-refractivity contribution in [3.05, 3.63) is 0 Å². The smallest absolute Gasteiger partial charge is 0.407 e. The maximum atomic E-state index is 15.1. The normalized spacial score (nSPS) is 20.5. The molecule has 0 spiro atoms. The van der Waals surface area contributed by atoms with E-state index in [1.807, 2.05) is 33.9 Å². The van der Waals surface area contributed by atoms with Gasteiger partial charge in [0.2, 0.25) is 5.78 Å². The number of ketones is 1. The number of ether oxygens (including phenoxy) is 1. The SMILES string of the molecule is CCOP(=O)(OCC)C(F)(F)C(=O)[C@H](CO[Si](C)(C)C(C)(C)C)C1CCCCO1. The Kier molecular flexibility index (Phi) is 9.65. The van der Waals surface area contributed by atoms with Crippen LogP contribution >= 0.6 is 7.60 Å². The standard InChI is InChI=1S/C19H37F2O6PSi/c1-8-25-28(23,26-9-2)19(20,21)17(22)15(16-12-10-11-13-24-16)14-27-29(6,7)18(3,4)5/h15-16H,8-14H2,1-7H3/t15-,16?/m1/s1. The molecule has 0 aromatic carbocycles. The molecule has 1 aliphatic rings. The van der Waals surface area contributed by atoms with E-state index >= 15 is 8.78 Å². The van der Waals surface area contributed by atoms with Gasteiger partial charge >= 0.3 is 13.3 Å². The number of hydrogen-bond acceptors (Lipinski definition) is 6. The molecule has 0 radical (unpaired) electrons. The van der Waals surface area contributed by atoms with Gasteiger partial charge < -0.3 is 18.2 Å². The molecule has 1 aliphatic heterocycles. The van der Waals surface area contributed by atoms with Gasteiger partial charge in [-0.05, 0) is 51.2 Å². The topological polar surface area (TPSA) is 71.1 Å². The van der Waals surface area contributed by atoms with E-state index < -0.39 is 39.4 Å². The second-order valence-corrected chi connectivity index (χ2v) is 15.7. The molecule has 2 atom stereocenters. The van der Waals surface area contributed by atoms with Gasteiger partial charge in [0.1, 0.15) is 0 Å². The van der Waals surface area contributed by atoms with E-state index in [2.05, 4.69) is 0 Å². The van der Waals surface area contributed by atoms with Crippen molar-refractivity contribution in [1.82, 2.24) is 0 Å². The van der Waals surface area contributed by atoms with Crippen LogP contribution in [0, 0.1) is 5.92 Å². The quantitative estimate of drug-likeness (QED) is 0.296. The average Bonchev–Trinajstić information content (AvgIpc) is 2.61. The first-order valence-corrected chi connectivity index (χ1v) is 14.8. The summed E-state index contributed by atoms with van der Waals surface area (Å²) in [6, 6.07) is 0. The van der Waals surface area contributed by atoms with Crippen LogP contribution in [0.25, 0.3) is 0 Å². The maximum absolute atomic E-state index is 15.1. The fourth-order valence-corrected chi connectivity index (χ4v) is 5.39. The van der Waals surface area contributed by atoms with Crippen LogP contribution in [0.15, 0.2) is 0 Å². The second-order valence-electron chi connectivity index (χ2n) is 8.82. The number of carbonyl (C=O) groups excluding carboxylic acids is 1. The summed E-state index contributed by atoms with van der Waals surface area (Å²) in [5.74, 6) is -2.73. The molecule has 0 bridgehead atoms. The molecule has 29 heavy (non-hydrogen) atoms. The lowest BCUT2D eigenvalue weighted by molar-refractivity contribution is -0.149. The summed E-state index contributed by atoms with van der Waals surface area (Å²) in [7, 11) is -7.26. The van der Waals surface area contributed by atoms with Gasteiger partial charge in [0.25, 0.3) is 0 Å². The van der Waals surface area contributed by atoms with E-state index in [0.717, 1.165) is 12.8 Å². The Labute approximate surface area is 174 Å². The Balaban J connectivity index is 3.19. The first kappa shape index (κ1) is 26.9. The van der Waals surface area contributed by atoms with Crippen LogP contribution in [0.3, 0.4) is 0 Å². The van der Waals surface area contributed by atoms with Crippen LogP contribution in [-0.4, -0.2) is 52.3 Å². The molecule has 1 rings (SSSR count). The first-order valence-electron chi connectivity index (χ1n) is 10.3. The lowest BCUT2D eigenvalue weighted by Gasteiger charge is -2.39. The predicted octanol–water partition coefficient (Wildman–Crippen LogP) is 5.62. The summed E-state index contributed by atoms with van der Waals surface area (Å²) >= 11 is 0. The number of halogens is 2. The Morgan fingerprint density at radius 1 is 1.17 bits per heavy atom. The van der Waals surface area contributed by atoms with Crippen LogP contribution < -0.4 is 0 Å². The third-order valence-electron chi connectivity index (χ3n) is 5.67. The van der Waals surface area contributed by atoms with Gasteiger partial charge in [-0.1, -0.05) is 20.8 Å². The third-order valence-corrected chi connectivity index (χ3v) is 12.3. The number of alkyl halides is 2. The van der Waals surface area contributed by atoms with Crippen LogP contribution in [0.1, 0.15) is 53.9 Å². The van der Waals surface area contributed by atoms with E-state index in [1.165, 1.54) is 13.8 Å². The van der Waals surface area contributed by atoms with Gasteiger partial charge in [0.05, 0.1) is 25.2 Å². The highest BCUT2D eigenvalue weighted by molar-refractivity contribution is 7.56. The van der Waals surface area contributed by atoms with Gasteiger partial charge in [-0.15, -0.1) is 0 Å². The molecular formula is C19H37F2O6PSi. The maximum Gasteiger partial charge on any atom is 0.407 e. The molecule has 0 N–H and O–H groups in total. The van der Waals surface area contributed by atoms with Crippen LogP contribution in [-0.2, 0) is 27.6 Å². The first-order chi connectivity index (χ1) is 13.2. The lowest BCUT2D eigenvalue weighted by atomic mass is 9.92. The summed E-state index contributed by atoms with van der Waals surface area (Å²) in [5.41, 5.74) is -4.28. The number of carbonyl (C=O) groups is 1. The van der Waals surface area contributed by atoms with Gasteiger partial charge in [-0.2, -0.15) is 8.78 Å². The van der Waals surface area contributed by atoms with Crippen LogP contribution in [0.4, 0.5) is 8.78 Å². The molecule has 10 heteroatoms. The molecule has 1 saturated heterocycles. The predicted molar refractivity (Wildman–Crippen MR) is 111 cm³/mol. The monoisotopic (exact) mass is 458 g/mol. The van der Waals surface area contributed by atoms with Gasteiger partial charge in [-0.3, -0.25) is 9.36 Å². The minimum atomic E-state index is -4.96. The average molecular weight is 459 g/mol. The van der Waals surface area contributed by atoms with Crippen molar-refractivity contribution in [3.8, 4) is 0 Å². The summed E-state index contributed by atoms with van der Waals surface area (Å²) < 4.78 is 64.3. The minimum absolute atomic E-state index is 0.150. The Morgan fingerprint density at radius 3 is 2.14 bits per heavy atom. The lowest BCUT2D eigenvalue weighted by Crippen LogP contribution is -2.48. The molecule has 0 aromatic rings. The second kappa shape index (κ2) is 10.4. The highest BCUT2D eigenvalue weighted by Crippen LogP contribution is 2.63. The third kappa shape index (κ3) is 6.40. The molecular weight excluding hydrogens is 421 g/mol. The van der Waals surface area contributed by atoms with E-state index in [0.29, 0.717) is 13.0 Å². The molecule has 0 aromatic heterocycles.